The molecule has 4 nitrogen and oxygen atoms in total. The summed E-state index contributed by atoms with van der Waals surface area (Å²) in [7, 11) is 1.66. The molecule has 2 amide bonds. The zero-order chi connectivity index (χ0) is 16.1. The summed E-state index contributed by atoms with van der Waals surface area (Å²) in [6, 6.07) is 14.1. The van der Waals surface area contributed by atoms with Crippen molar-refractivity contribution >= 4 is 22.6 Å². The second-order valence-electron chi connectivity index (χ2n) is 5.83. The molecule has 116 valence electrons. The molecule has 0 heterocycles. The number of benzene rings is 2. The molecule has 0 atom stereocenters. The number of carbonyl (C=O) groups is 2. The summed E-state index contributed by atoms with van der Waals surface area (Å²) in [4.78, 5) is 25.4. The first-order chi connectivity index (χ1) is 10.5. The summed E-state index contributed by atoms with van der Waals surface area (Å²) in [6.45, 7) is 3.88. The molecule has 0 radical (unpaired) electrons. The molecular weight excluding hydrogens is 276 g/mol. The minimum Gasteiger partial charge on any atom is -0.352 e. The van der Waals surface area contributed by atoms with Gasteiger partial charge in [0.15, 0.2) is 0 Å². The minimum absolute atomic E-state index is 0.0609. The topological polar surface area (TPSA) is 49.4 Å². The number of likely N-dealkylation sites (N-methyl/N-ethyl adjacent to an activating group) is 1. The standard InChI is InChI=1S/C18H22N2O2/c1-13(2)19-17(21)12-20(3)18(22)11-14-8-9-15-6-4-5-7-16(15)10-14/h4-10,13H,11-12H2,1-3H3,(H,19,21). The summed E-state index contributed by atoms with van der Waals surface area (Å²) in [5, 5.41) is 5.06. The Bertz CT molecular complexity index is 680. The molecule has 0 aliphatic carbocycles. The van der Waals surface area contributed by atoms with Gasteiger partial charge < -0.3 is 10.2 Å². The fourth-order valence-corrected chi connectivity index (χ4v) is 2.33. The van der Waals surface area contributed by atoms with Gasteiger partial charge in [-0.3, -0.25) is 9.59 Å². The molecule has 0 aliphatic rings. The molecule has 22 heavy (non-hydrogen) atoms. The van der Waals surface area contributed by atoms with Gasteiger partial charge >= 0.3 is 0 Å². The van der Waals surface area contributed by atoms with E-state index in [9.17, 15) is 9.59 Å². The van der Waals surface area contributed by atoms with Crippen molar-refractivity contribution in [3.05, 3.63) is 48.0 Å². The largest absolute Gasteiger partial charge is 0.352 e. The molecule has 4 heteroatoms. The van der Waals surface area contributed by atoms with E-state index in [4.69, 9.17) is 0 Å². The molecule has 0 saturated carbocycles. The second kappa shape index (κ2) is 7.07. The lowest BCUT2D eigenvalue weighted by atomic mass is 10.0. The molecule has 0 saturated heterocycles. The zero-order valence-electron chi connectivity index (χ0n) is 13.3. The van der Waals surface area contributed by atoms with Gasteiger partial charge in [-0.25, -0.2) is 0 Å². The van der Waals surface area contributed by atoms with E-state index in [-0.39, 0.29) is 24.4 Å². The highest BCUT2D eigenvalue weighted by Gasteiger charge is 2.14. The first kappa shape index (κ1) is 16.0. The van der Waals surface area contributed by atoms with E-state index >= 15 is 0 Å². The third kappa shape index (κ3) is 4.32. The maximum atomic E-state index is 12.2. The smallest absolute Gasteiger partial charge is 0.239 e. The van der Waals surface area contributed by atoms with Gasteiger partial charge in [0.25, 0.3) is 0 Å². The van der Waals surface area contributed by atoms with Crippen molar-refractivity contribution < 1.29 is 9.59 Å². The van der Waals surface area contributed by atoms with Crippen LogP contribution in [0.3, 0.4) is 0 Å². The van der Waals surface area contributed by atoms with Crippen molar-refractivity contribution in [1.82, 2.24) is 10.2 Å². The van der Waals surface area contributed by atoms with Crippen LogP contribution in [0.25, 0.3) is 10.8 Å². The average molecular weight is 298 g/mol. The summed E-state index contributed by atoms with van der Waals surface area (Å²) in [6.07, 6.45) is 0.302. The molecule has 0 bridgehead atoms. The van der Waals surface area contributed by atoms with Crippen LogP contribution >= 0.6 is 0 Å². The van der Waals surface area contributed by atoms with Gasteiger partial charge in [-0.05, 0) is 30.2 Å². The van der Waals surface area contributed by atoms with E-state index in [2.05, 4.69) is 5.32 Å². The highest BCUT2D eigenvalue weighted by atomic mass is 16.2. The van der Waals surface area contributed by atoms with Gasteiger partial charge in [-0.15, -0.1) is 0 Å². The number of amides is 2. The maximum Gasteiger partial charge on any atom is 0.239 e. The van der Waals surface area contributed by atoms with Crippen LogP contribution in [0.1, 0.15) is 19.4 Å². The Labute approximate surface area is 131 Å². The van der Waals surface area contributed by atoms with Crippen molar-refractivity contribution in [3.63, 3.8) is 0 Å². The van der Waals surface area contributed by atoms with Gasteiger partial charge in [0, 0.05) is 13.1 Å². The molecule has 0 aliphatic heterocycles. The number of nitrogens with zero attached hydrogens (tertiary/aromatic N) is 1. The highest BCUT2D eigenvalue weighted by molar-refractivity contribution is 5.87. The molecular formula is C18H22N2O2. The van der Waals surface area contributed by atoms with E-state index in [0.717, 1.165) is 16.3 Å². The lowest BCUT2D eigenvalue weighted by molar-refractivity contribution is -0.134. The third-order valence-corrected chi connectivity index (χ3v) is 3.43. The number of nitrogens with one attached hydrogen (secondary N) is 1. The van der Waals surface area contributed by atoms with Crippen LogP contribution in [0.5, 0.6) is 0 Å². The first-order valence-electron chi connectivity index (χ1n) is 7.46. The maximum absolute atomic E-state index is 12.2. The Hall–Kier alpha value is -2.36. The van der Waals surface area contributed by atoms with E-state index in [0.29, 0.717) is 6.42 Å². The lowest BCUT2D eigenvalue weighted by Crippen LogP contribution is -2.41. The SMILES string of the molecule is CC(C)NC(=O)CN(C)C(=O)Cc1ccc2ccccc2c1. The minimum atomic E-state index is -0.135. The molecule has 2 aromatic carbocycles. The third-order valence-electron chi connectivity index (χ3n) is 3.43. The Morgan fingerprint density at radius 3 is 2.45 bits per heavy atom. The number of rotatable bonds is 5. The molecule has 1 N–H and O–H groups in total. The summed E-state index contributed by atoms with van der Waals surface area (Å²) < 4.78 is 0. The second-order valence-corrected chi connectivity index (χ2v) is 5.83. The van der Waals surface area contributed by atoms with Crippen molar-refractivity contribution in [2.75, 3.05) is 13.6 Å². The average Bonchev–Trinajstić information content (AvgIpc) is 2.46. The van der Waals surface area contributed by atoms with Crippen molar-refractivity contribution in [3.8, 4) is 0 Å². The van der Waals surface area contributed by atoms with Crippen LogP contribution in [0.15, 0.2) is 42.5 Å². The van der Waals surface area contributed by atoms with Gasteiger partial charge in [-0.2, -0.15) is 0 Å². The molecule has 2 rings (SSSR count). The monoisotopic (exact) mass is 298 g/mol. The molecule has 0 fully saturated rings. The van der Waals surface area contributed by atoms with Gasteiger partial charge in [0.05, 0.1) is 13.0 Å². The van der Waals surface area contributed by atoms with Crippen LogP contribution in [-0.2, 0) is 16.0 Å². The molecule has 2 aromatic rings. The summed E-state index contributed by atoms with van der Waals surface area (Å²) in [5.41, 5.74) is 0.958. The molecule has 0 aromatic heterocycles. The quantitative estimate of drug-likeness (QED) is 0.921. The Kier molecular flexibility index (Phi) is 5.15. The number of hydrogen-bond acceptors (Lipinski definition) is 2. The van der Waals surface area contributed by atoms with E-state index in [1.54, 1.807) is 7.05 Å². The van der Waals surface area contributed by atoms with Crippen LogP contribution in [0, 0.1) is 0 Å². The van der Waals surface area contributed by atoms with E-state index < -0.39 is 0 Å². The lowest BCUT2D eigenvalue weighted by Gasteiger charge is -2.18. The fourth-order valence-electron chi connectivity index (χ4n) is 2.33. The predicted molar refractivity (Wildman–Crippen MR) is 88.6 cm³/mol. The van der Waals surface area contributed by atoms with Gasteiger partial charge in [0.1, 0.15) is 0 Å². The zero-order valence-corrected chi connectivity index (χ0v) is 13.3. The van der Waals surface area contributed by atoms with E-state index in [1.807, 2.05) is 56.3 Å². The fraction of sp³-hybridized carbons (Fsp3) is 0.333. The predicted octanol–water partition coefficient (Wildman–Crippen LogP) is 2.37. The Balaban J connectivity index is 1.99. The summed E-state index contributed by atoms with van der Waals surface area (Å²) >= 11 is 0. The Morgan fingerprint density at radius 2 is 1.77 bits per heavy atom. The van der Waals surface area contributed by atoms with Crippen molar-refractivity contribution in [2.24, 2.45) is 0 Å². The van der Waals surface area contributed by atoms with Crippen LogP contribution < -0.4 is 5.32 Å². The molecule has 0 unspecified atom stereocenters. The van der Waals surface area contributed by atoms with Crippen molar-refractivity contribution in [2.45, 2.75) is 26.3 Å². The van der Waals surface area contributed by atoms with Gasteiger partial charge in [0.2, 0.25) is 11.8 Å². The van der Waals surface area contributed by atoms with E-state index in [1.165, 1.54) is 4.90 Å². The van der Waals surface area contributed by atoms with Crippen molar-refractivity contribution in [1.29, 1.82) is 0 Å². The van der Waals surface area contributed by atoms with Crippen LogP contribution in [0.2, 0.25) is 0 Å². The first-order valence-corrected chi connectivity index (χ1v) is 7.46. The van der Waals surface area contributed by atoms with Crippen LogP contribution in [-0.4, -0.2) is 36.3 Å². The molecule has 0 spiro atoms. The van der Waals surface area contributed by atoms with Gasteiger partial charge in [-0.1, -0.05) is 42.5 Å². The highest BCUT2D eigenvalue weighted by Crippen LogP contribution is 2.16. The Morgan fingerprint density at radius 1 is 1.09 bits per heavy atom. The summed E-state index contributed by atoms with van der Waals surface area (Å²) in [5.74, 6) is -0.196. The number of carbonyl (C=O) groups excluding carboxylic acids is 2. The normalized spacial score (nSPS) is 10.7. The number of fused-ring (bicyclic) bond motifs is 1. The number of hydrogen-bond donors (Lipinski definition) is 1. The van der Waals surface area contributed by atoms with Crippen LogP contribution in [0.4, 0.5) is 0 Å².